The third-order valence-corrected chi connectivity index (χ3v) is 6.88. The van der Waals surface area contributed by atoms with E-state index in [0.717, 1.165) is 37.0 Å². The Balaban J connectivity index is 1.39. The van der Waals surface area contributed by atoms with Crippen molar-refractivity contribution in [1.29, 1.82) is 0 Å². The molecule has 2 aliphatic rings. The van der Waals surface area contributed by atoms with Crippen molar-refractivity contribution in [3.63, 3.8) is 0 Å². The number of nitrogens with one attached hydrogen (secondary N) is 1. The van der Waals surface area contributed by atoms with Gasteiger partial charge in [-0.3, -0.25) is 4.79 Å². The molecule has 3 aromatic rings. The highest BCUT2D eigenvalue weighted by molar-refractivity contribution is 6.32. The van der Waals surface area contributed by atoms with Crippen LogP contribution in [0.1, 0.15) is 19.8 Å². The monoisotopic (exact) mass is 541 g/mol. The molecule has 2 fully saturated rings. The first-order valence-corrected chi connectivity index (χ1v) is 13.1. The molecule has 0 aliphatic carbocycles. The van der Waals surface area contributed by atoms with Crippen LogP contribution in [0.4, 0.5) is 17.5 Å². The Morgan fingerprint density at radius 1 is 1.26 bits per heavy atom. The summed E-state index contributed by atoms with van der Waals surface area (Å²) in [7, 11) is 0. The van der Waals surface area contributed by atoms with E-state index in [1.807, 2.05) is 18.2 Å². The molecule has 0 spiro atoms. The molecule has 5 N–H and O–H groups in total. The van der Waals surface area contributed by atoms with Crippen LogP contribution < -0.4 is 31.2 Å². The first-order valence-electron chi connectivity index (χ1n) is 12.7. The molecular weight excluding hydrogens is 510 g/mol. The minimum absolute atomic E-state index is 0.112. The Morgan fingerprint density at radius 3 is 2.84 bits per heavy atom. The van der Waals surface area contributed by atoms with E-state index in [1.54, 1.807) is 12.3 Å². The van der Waals surface area contributed by atoms with Crippen molar-refractivity contribution < 1.29 is 19.0 Å². The van der Waals surface area contributed by atoms with Crippen LogP contribution in [0.25, 0.3) is 10.9 Å². The van der Waals surface area contributed by atoms with Crippen LogP contribution in [0, 0.1) is 11.8 Å². The van der Waals surface area contributed by atoms with Crippen molar-refractivity contribution in [1.82, 2.24) is 15.0 Å². The highest BCUT2D eigenvalue weighted by Gasteiger charge is 2.27. The lowest BCUT2D eigenvalue weighted by molar-refractivity contribution is -0.120. The van der Waals surface area contributed by atoms with Crippen LogP contribution in [0.2, 0.25) is 5.02 Å². The summed E-state index contributed by atoms with van der Waals surface area (Å²) in [5.41, 5.74) is 12.5. The lowest BCUT2D eigenvalue weighted by atomic mass is 9.88. The summed E-state index contributed by atoms with van der Waals surface area (Å²) < 4.78 is 16.7. The maximum Gasteiger partial charge on any atom is 0.258 e. The number of pyridine rings is 1. The minimum atomic E-state index is -0.593. The zero-order chi connectivity index (χ0) is 26.6. The van der Waals surface area contributed by atoms with Crippen molar-refractivity contribution in [2.45, 2.75) is 25.9 Å². The molecule has 2 atom stereocenters. The molecule has 202 valence electrons. The van der Waals surface area contributed by atoms with Crippen LogP contribution in [-0.4, -0.2) is 66.4 Å². The number of hydrogen-bond donors (Lipinski definition) is 3. The molecule has 2 aromatic heterocycles. The maximum absolute atomic E-state index is 11.3. The number of amides is 1. The Labute approximate surface area is 225 Å². The molecule has 0 bridgehead atoms. The topological polar surface area (TPSA) is 151 Å². The zero-order valence-electron chi connectivity index (χ0n) is 21.2. The molecule has 4 heterocycles. The predicted octanol–water partition coefficient (Wildman–Crippen LogP) is 2.87. The van der Waals surface area contributed by atoms with E-state index in [2.05, 4.69) is 27.1 Å². The Bertz CT molecular complexity index is 1310. The molecule has 0 radical (unpaired) electrons. The molecule has 1 amide bonds. The summed E-state index contributed by atoms with van der Waals surface area (Å²) >= 11 is 6.47. The van der Waals surface area contributed by atoms with Gasteiger partial charge in [-0.15, -0.1) is 0 Å². The molecular formula is C26H32ClN7O4. The van der Waals surface area contributed by atoms with Crippen molar-refractivity contribution in [2.75, 3.05) is 49.7 Å². The summed E-state index contributed by atoms with van der Waals surface area (Å²) in [6.45, 7) is 5.33. The van der Waals surface area contributed by atoms with E-state index in [0.29, 0.717) is 65.5 Å². The van der Waals surface area contributed by atoms with Gasteiger partial charge in [0.25, 0.3) is 11.8 Å². The van der Waals surface area contributed by atoms with Gasteiger partial charge in [0.15, 0.2) is 18.2 Å². The Morgan fingerprint density at radius 2 is 2.11 bits per heavy atom. The first-order chi connectivity index (χ1) is 18.4. The average Bonchev–Trinajstić information content (AvgIpc) is 2.86. The van der Waals surface area contributed by atoms with Crippen LogP contribution in [-0.2, 0) is 9.53 Å². The van der Waals surface area contributed by atoms with Crippen LogP contribution in [0.15, 0.2) is 30.5 Å². The number of piperidine rings is 1. The lowest BCUT2D eigenvalue weighted by Gasteiger charge is -2.36. The fourth-order valence-electron chi connectivity index (χ4n) is 4.82. The predicted molar refractivity (Wildman–Crippen MR) is 145 cm³/mol. The van der Waals surface area contributed by atoms with Crippen molar-refractivity contribution >= 4 is 45.9 Å². The minimum Gasteiger partial charge on any atom is -0.478 e. The second-order valence-corrected chi connectivity index (χ2v) is 10.3. The molecule has 2 aliphatic heterocycles. The van der Waals surface area contributed by atoms with Gasteiger partial charge in [0.1, 0.15) is 11.1 Å². The number of anilines is 3. The summed E-state index contributed by atoms with van der Waals surface area (Å²) in [5.74, 6) is 2.22. The van der Waals surface area contributed by atoms with E-state index >= 15 is 0 Å². The maximum atomic E-state index is 11.3. The van der Waals surface area contributed by atoms with Gasteiger partial charge in [-0.2, -0.15) is 4.98 Å². The number of aromatic nitrogens is 3. The Hall–Kier alpha value is -3.41. The fourth-order valence-corrected chi connectivity index (χ4v) is 4.96. The SMILES string of the molecule is CC1CC(CCN)CN(c2ncc(Cl)c(Nc3ccc4nc(OC5COC5)c(OCC(N)=O)cc4c3)n2)C1. The number of halogens is 1. The average molecular weight is 542 g/mol. The molecule has 0 saturated carbocycles. The van der Waals surface area contributed by atoms with Crippen molar-refractivity contribution in [3.8, 4) is 11.6 Å². The van der Waals surface area contributed by atoms with E-state index in [1.165, 1.54) is 0 Å². The van der Waals surface area contributed by atoms with E-state index in [9.17, 15) is 4.79 Å². The third kappa shape index (κ3) is 6.17. The number of nitrogens with zero attached hydrogens (tertiary/aromatic N) is 4. The highest BCUT2D eigenvalue weighted by atomic mass is 35.5. The largest absolute Gasteiger partial charge is 0.478 e. The van der Waals surface area contributed by atoms with Gasteiger partial charge in [0.05, 0.1) is 24.9 Å². The number of fused-ring (bicyclic) bond motifs is 1. The van der Waals surface area contributed by atoms with Crippen molar-refractivity contribution in [3.05, 3.63) is 35.5 Å². The van der Waals surface area contributed by atoms with Gasteiger partial charge in [-0.25, -0.2) is 9.97 Å². The summed E-state index contributed by atoms with van der Waals surface area (Å²) in [6, 6.07) is 7.41. The lowest BCUT2D eigenvalue weighted by Crippen LogP contribution is -2.41. The number of carbonyl (C=O) groups excluding carboxylic acids is 1. The highest BCUT2D eigenvalue weighted by Crippen LogP contribution is 2.34. The molecule has 2 saturated heterocycles. The van der Waals surface area contributed by atoms with Gasteiger partial charge in [-0.05, 0) is 55.5 Å². The number of rotatable bonds is 10. The second kappa shape index (κ2) is 11.5. The van der Waals surface area contributed by atoms with Crippen LogP contribution >= 0.6 is 11.6 Å². The van der Waals surface area contributed by atoms with Gasteiger partial charge in [-0.1, -0.05) is 18.5 Å². The van der Waals surface area contributed by atoms with Crippen LogP contribution in [0.5, 0.6) is 11.6 Å². The van der Waals surface area contributed by atoms with Gasteiger partial charge >= 0.3 is 0 Å². The summed E-state index contributed by atoms with van der Waals surface area (Å²) in [4.78, 5) is 27.4. The molecule has 12 heteroatoms. The number of hydrogen-bond acceptors (Lipinski definition) is 10. The Kier molecular flexibility index (Phi) is 7.96. The molecule has 1 aromatic carbocycles. The second-order valence-electron chi connectivity index (χ2n) is 9.91. The number of carbonyl (C=O) groups is 1. The first kappa shape index (κ1) is 26.2. The number of primary amides is 1. The van der Waals surface area contributed by atoms with Gasteiger partial charge < -0.3 is 35.9 Å². The van der Waals surface area contributed by atoms with Crippen LogP contribution in [0.3, 0.4) is 0 Å². The number of nitrogens with two attached hydrogens (primary N) is 2. The molecule has 5 rings (SSSR count). The molecule has 11 nitrogen and oxygen atoms in total. The normalized spacial score (nSPS) is 19.7. The van der Waals surface area contributed by atoms with E-state index in [-0.39, 0.29) is 12.7 Å². The summed E-state index contributed by atoms with van der Waals surface area (Å²) in [5, 5.41) is 4.49. The van der Waals surface area contributed by atoms with Gasteiger partial charge in [0.2, 0.25) is 5.95 Å². The number of ether oxygens (including phenoxy) is 3. The number of benzene rings is 1. The standard InChI is InChI=1S/C26H32ClN7O4/c1-15-6-16(4-5-28)11-34(10-15)26-30-9-20(27)24(33-26)31-18-2-3-21-17(7-18)8-22(37-14-23(29)35)25(32-21)38-19-12-36-13-19/h2-3,7-9,15-16,19H,4-6,10-14,28H2,1H3,(H2,29,35)(H,30,31,33). The van der Waals surface area contributed by atoms with E-state index < -0.39 is 5.91 Å². The summed E-state index contributed by atoms with van der Waals surface area (Å²) in [6.07, 6.45) is 3.65. The quantitative estimate of drug-likeness (QED) is 0.349. The fraction of sp³-hybridized carbons (Fsp3) is 0.462. The third-order valence-electron chi connectivity index (χ3n) is 6.60. The van der Waals surface area contributed by atoms with Crippen molar-refractivity contribution in [2.24, 2.45) is 23.3 Å². The molecule has 38 heavy (non-hydrogen) atoms. The smallest absolute Gasteiger partial charge is 0.258 e. The molecule has 2 unspecified atom stereocenters. The zero-order valence-corrected chi connectivity index (χ0v) is 22.0. The van der Waals surface area contributed by atoms with E-state index in [4.69, 9.17) is 42.3 Å². The van der Waals surface area contributed by atoms with Gasteiger partial charge in [0, 0.05) is 24.2 Å².